The molecule has 0 bridgehead atoms. The van der Waals surface area contributed by atoms with Crippen LogP contribution in [0, 0.1) is 0 Å². The van der Waals surface area contributed by atoms with Gasteiger partial charge in [-0.2, -0.15) is 0 Å². The molecule has 1 N–H and O–H groups in total. The Morgan fingerprint density at radius 2 is 1.93 bits per heavy atom. The molecule has 0 radical (unpaired) electrons. The van der Waals surface area contributed by atoms with Gasteiger partial charge in [0.1, 0.15) is 5.78 Å². The maximum absolute atomic E-state index is 11.3. The largest absolute Gasteiger partial charge is 0.324 e. The van der Waals surface area contributed by atoms with Gasteiger partial charge in [0.15, 0.2) is 0 Å². The average Bonchev–Trinajstić information content (AvgIpc) is 2.54. The number of ketones is 1. The molecule has 0 aromatic rings. The smallest absolute Gasteiger partial charge is 0.148 e. The van der Waals surface area contributed by atoms with E-state index in [9.17, 15) is 4.79 Å². The fourth-order valence-electron chi connectivity index (χ4n) is 2.83. The second kappa shape index (κ2) is 3.56. The van der Waals surface area contributed by atoms with Crippen LogP contribution < -0.4 is 5.32 Å². The first kappa shape index (κ1) is 11.1. The monoisotopic (exact) mass is 211 g/mol. The van der Waals surface area contributed by atoms with E-state index in [0.717, 1.165) is 23.7 Å². The van der Waals surface area contributed by atoms with Crippen molar-refractivity contribution in [3.8, 4) is 0 Å². The van der Waals surface area contributed by atoms with Gasteiger partial charge >= 0.3 is 0 Å². The zero-order chi connectivity index (χ0) is 11.1. The van der Waals surface area contributed by atoms with E-state index < -0.39 is 0 Å². The Morgan fingerprint density at radius 1 is 1.33 bits per heavy atom. The summed E-state index contributed by atoms with van der Waals surface area (Å²) in [6.45, 7) is 7.61. The lowest BCUT2D eigenvalue weighted by Gasteiger charge is -2.47. The van der Waals surface area contributed by atoms with Gasteiger partial charge in [-0.25, -0.2) is 0 Å². The number of quaternary nitrogens is 1. The number of piperidine rings is 1. The second-order valence-electron chi connectivity index (χ2n) is 5.87. The molecule has 2 heterocycles. The van der Waals surface area contributed by atoms with E-state index in [1.807, 2.05) is 0 Å². The molecule has 0 saturated carbocycles. The first-order valence-corrected chi connectivity index (χ1v) is 6.07. The highest BCUT2D eigenvalue weighted by molar-refractivity contribution is 5.84. The van der Waals surface area contributed by atoms with Crippen LogP contribution in [0.3, 0.4) is 0 Å². The molecule has 0 unspecified atom stereocenters. The van der Waals surface area contributed by atoms with Crippen LogP contribution in [0.4, 0.5) is 0 Å². The molecule has 2 fully saturated rings. The Kier molecular flexibility index (Phi) is 2.63. The van der Waals surface area contributed by atoms with E-state index in [1.165, 1.54) is 13.1 Å². The molecule has 0 atom stereocenters. The molecule has 3 nitrogen and oxygen atoms in total. The Hall–Kier alpha value is -0.410. The highest BCUT2D eigenvalue weighted by Gasteiger charge is 2.45. The van der Waals surface area contributed by atoms with Crippen LogP contribution in [0.1, 0.15) is 33.1 Å². The van der Waals surface area contributed by atoms with Crippen LogP contribution in [0.25, 0.3) is 0 Å². The first-order valence-electron chi connectivity index (χ1n) is 6.07. The molecular formula is C12H23N2O+. The Morgan fingerprint density at radius 3 is 2.33 bits per heavy atom. The van der Waals surface area contributed by atoms with Crippen LogP contribution in [-0.4, -0.2) is 48.5 Å². The minimum Gasteiger partial charge on any atom is -0.324 e. The zero-order valence-corrected chi connectivity index (χ0v) is 10.2. The Bertz CT molecular complexity index is 265. The number of likely N-dealkylation sites (tertiary alicyclic amines) is 1. The number of hydrogen-bond donors (Lipinski definition) is 1. The minimum atomic E-state index is 0.170. The Labute approximate surface area is 92.4 Å². The highest BCUT2D eigenvalue weighted by Crippen LogP contribution is 2.33. The van der Waals surface area contributed by atoms with Gasteiger partial charge in [0, 0.05) is 24.8 Å². The van der Waals surface area contributed by atoms with Gasteiger partial charge in [-0.1, -0.05) is 0 Å². The third kappa shape index (κ3) is 1.95. The second-order valence-corrected chi connectivity index (χ2v) is 5.87. The molecule has 0 aromatic carbocycles. The van der Waals surface area contributed by atoms with Gasteiger partial charge < -0.3 is 9.80 Å². The third-order valence-electron chi connectivity index (χ3n) is 4.65. The van der Waals surface area contributed by atoms with Crippen molar-refractivity contribution < 1.29 is 9.28 Å². The fourth-order valence-corrected chi connectivity index (χ4v) is 2.83. The molecule has 15 heavy (non-hydrogen) atoms. The maximum Gasteiger partial charge on any atom is 0.148 e. The quantitative estimate of drug-likeness (QED) is 0.654. The van der Waals surface area contributed by atoms with Gasteiger partial charge in [-0.05, 0) is 13.8 Å². The van der Waals surface area contributed by atoms with Crippen molar-refractivity contribution in [1.82, 2.24) is 5.32 Å². The Balaban J connectivity index is 2.00. The van der Waals surface area contributed by atoms with Crippen molar-refractivity contribution in [2.75, 3.05) is 26.7 Å². The predicted molar refractivity (Wildman–Crippen MR) is 60.6 cm³/mol. The summed E-state index contributed by atoms with van der Waals surface area (Å²) in [7, 11) is 2.34. The lowest BCUT2D eigenvalue weighted by Crippen LogP contribution is -2.60. The van der Waals surface area contributed by atoms with Crippen LogP contribution in [-0.2, 0) is 4.79 Å². The van der Waals surface area contributed by atoms with Crippen LogP contribution in [0.15, 0.2) is 0 Å². The van der Waals surface area contributed by atoms with Crippen molar-refractivity contribution in [3.63, 3.8) is 0 Å². The van der Waals surface area contributed by atoms with E-state index in [4.69, 9.17) is 0 Å². The predicted octanol–water partition coefficient (Wildman–Crippen LogP) is 0.936. The molecule has 0 aromatic heterocycles. The molecule has 2 saturated heterocycles. The van der Waals surface area contributed by atoms with Crippen LogP contribution in [0.2, 0.25) is 0 Å². The van der Waals surface area contributed by atoms with Crippen molar-refractivity contribution in [1.29, 1.82) is 0 Å². The van der Waals surface area contributed by atoms with Gasteiger partial charge in [-0.3, -0.25) is 4.79 Å². The molecule has 2 aliphatic heterocycles. The summed E-state index contributed by atoms with van der Waals surface area (Å²) in [5, 5.41) is 3.44. The van der Waals surface area contributed by atoms with E-state index in [0.29, 0.717) is 18.4 Å². The van der Waals surface area contributed by atoms with Gasteiger partial charge in [0.05, 0.1) is 32.7 Å². The SMILES string of the molecule is CC(C)[N+]1(C)CCC2(CC1)CC(=O)CN2. The van der Waals surface area contributed by atoms with Gasteiger partial charge in [0.2, 0.25) is 0 Å². The summed E-state index contributed by atoms with van der Waals surface area (Å²) in [5.41, 5.74) is 0.170. The van der Waals surface area contributed by atoms with Crippen molar-refractivity contribution in [3.05, 3.63) is 0 Å². The molecule has 0 aliphatic carbocycles. The van der Waals surface area contributed by atoms with Crippen molar-refractivity contribution in [2.24, 2.45) is 0 Å². The number of Topliss-reactive ketones (excluding diaryl/α,β-unsaturated/α-hetero) is 1. The van der Waals surface area contributed by atoms with Crippen molar-refractivity contribution in [2.45, 2.75) is 44.7 Å². The summed E-state index contributed by atoms with van der Waals surface area (Å²) >= 11 is 0. The molecule has 2 rings (SSSR count). The number of nitrogens with zero attached hydrogens (tertiary/aromatic N) is 1. The summed E-state index contributed by atoms with van der Waals surface area (Å²) < 4.78 is 1.16. The minimum absolute atomic E-state index is 0.170. The summed E-state index contributed by atoms with van der Waals surface area (Å²) in [6.07, 6.45) is 3.09. The van der Waals surface area contributed by atoms with Crippen LogP contribution >= 0.6 is 0 Å². The maximum atomic E-state index is 11.3. The highest BCUT2D eigenvalue weighted by atomic mass is 16.1. The normalized spacial score (nSPS) is 41.7. The van der Waals surface area contributed by atoms with E-state index in [-0.39, 0.29) is 5.54 Å². The molecule has 0 amide bonds. The molecule has 3 heteroatoms. The number of carbonyl (C=O) groups excluding carboxylic acids is 1. The number of hydrogen-bond acceptors (Lipinski definition) is 2. The third-order valence-corrected chi connectivity index (χ3v) is 4.65. The first-order chi connectivity index (χ1) is 6.96. The lowest BCUT2D eigenvalue weighted by atomic mass is 9.84. The number of nitrogens with one attached hydrogen (secondary N) is 1. The van der Waals surface area contributed by atoms with E-state index >= 15 is 0 Å². The average molecular weight is 211 g/mol. The summed E-state index contributed by atoms with van der Waals surface area (Å²) in [6, 6.07) is 0.694. The zero-order valence-electron chi connectivity index (χ0n) is 10.2. The number of rotatable bonds is 1. The molecule has 2 aliphatic rings. The summed E-state index contributed by atoms with van der Waals surface area (Å²) in [5.74, 6) is 0.399. The number of carbonyl (C=O) groups is 1. The molecular weight excluding hydrogens is 188 g/mol. The van der Waals surface area contributed by atoms with E-state index in [1.54, 1.807) is 0 Å². The van der Waals surface area contributed by atoms with Crippen LogP contribution in [0.5, 0.6) is 0 Å². The summed E-state index contributed by atoms with van der Waals surface area (Å²) in [4.78, 5) is 11.3. The standard InChI is InChI=1S/C12H23N2O/c1-10(2)14(3)6-4-12(5-7-14)8-11(15)9-13-12/h10,13H,4-9H2,1-3H3/q+1. The topological polar surface area (TPSA) is 29.1 Å². The van der Waals surface area contributed by atoms with Crippen molar-refractivity contribution >= 4 is 5.78 Å². The van der Waals surface area contributed by atoms with E-state index in [2.05, 4.69) is 26.2 Å². The molecule has 86 valence electrons. The molecule has 1 spiro atoms. The van der Waals surface area contributed by atoms with Gasteiger partial charge in [0.25, 0.3) is 0 Å². The fraction of sp³-hybridized carbons (Fsp3) is 0.917. The van der Waals surface area contributed by atoms with Gasteiger partial charge in [-0.15, -0.1) is 0 Å². The lowest BCUT2D eigenvalue weighted by molar-refractivity contribution is -0.935.